The summed E-state index contributed by atoms with van der Waals surface area (Å²) < 4.78 is 24.8. The van der Waals surface area contributed by atoms with Crippen LogP contribution in [0.1, 0.15) is 0 Å². The third-order valence-electron chi connectivity index (χ3n) is 1.12. The molecular weight excluding hydrogens is 138 g/mol. The first-order valence-electron chi connectivity index (χ1n) is 2.61. The Bertz CT molecular complexity index is 210. The van der Waals surface area contributed by atoms with Crippen LogP contribution >= 0.6 is 0 Å². The Morgan fingerprint density at radius 3 is 1.50 bits per heavy atom. The van der Waals surface area contributed by atoms with Crippen molar-refractivity contribution in [3.8, 4) is 0 Å². The average molecular weight is 144 g/mol. The fourth-order valence-electron chi connectivity index (χ4n) is 0.578. The van der Waals surface area contributed by atoms with Crippen LogP contribution in [0, 0.1) is 11.6 Å². The lowest BCUT2D eigenvalue weighted by molar-refractivity contribution is 0.608. The minimum absolute atomic E-state index is 0.230. The smallest absolute Gasteiger partial charge is 0.148 e. The molecule has 0 bridgehead atoms. The number of benzene rings is 1. The zero-order chi connectivity index (χ0) is 7.72. The Labute approximate surface area is 56.4 Å². The molecule has 0 unspecified atom stereocenters. The van der Waals surface area contributed by atoms with E-state index in [1.54, 1.807) is 0 Å². The Hall–Kier alpha value is -1.32. The van der Waals surface area contributed by atoms with Crippen LogP contribution in [-0.4, -0.2) is 0 Å². The zero-order valence-electron chi connectivity index (χ0n) is 5.07. The highest BCUT2D eigenvalue weighted by molar-refractivity contribution is 5.50. The molecule has 0 aromatic heterocycles. The predicted molar refractivity (Wildman–Crippen MR) is 35.2 cm³/mol. The molecule has 54 valence electrons. The molecule has 0 heterocycles. The lowest BCUT2D eigenvalue weighted by atomic mass is 10.2. The van der Waals surface area contributed by atoms with E-state index < -0.39 is 11.6 Å². The van der Waals surface area contributed by atoms with Crippen LogP contribution < -0.4 is 11.5 Å². The molecule has 0 saturated heterocycles. The van der Waals surface area contributed by atoms with E-state index in [4.69, 9.17) is 11.5 Å². The molecule has 1 aromatic rings. The van der Waals surface area contributed by atoms with Crippen molar-refractivity contribution in [1.82, 2.24) is 0 Å². The van der Waals surface area contributed by atoms with E-state index >= 15 is 0 Å². The van der Waals surface area contributed by atoms with Gasteiger partial charge in [0.1, 0.15) is 11.6 Å². The van der Waals surface area contributed by atoms with Crippen LogP contribution in [0.5, 0.6) is 0 Å². The molecule has 0 amide bonds. The normalized spacial score (nSPS) is 9.80. The SMILES string of the molecule is Nc1cc(F)c(N)cc1F. The van der Waals surface area contributed by atoms with Crippen molar-refractivity contribution in [3.63, 3.8) is 0 Å². The van der Waals surface area contributed by atoms with Gasteiger partial charge < -0.3 is 11.5 Å². The number of anilines is 2. The standard InChI is InChI=1S/C6H6F2N2/c7-3-1-5(9)4(8)2-6(3)10/h1-2H,9-10H2. The number of nitrogen functional groups attached to an aromatic ring is 2. The Balaban J connectivity index is 3.28. The monoisotopic (exact) mass is 144 g/mol. The fourth-order valence-corrected chi connectivity index (χ4v) is 0.578. The molecule has 0 aliphatic carbocycles. The van der Waals surface area contributed by atoms with Crippen molar-refractivity contribution in [2.24, 2.45) is 0 Å². The van der Waals surface area contributed by atoms with Crippen molar-refractivity contribution in [1.29, 1.82) is 0 Å². The van der Waals surface area contributed by atoms with Crippen LogP contribution in [0.3, 0.4) is 0 Å². The van der Waals surface area contributed by atoms with E-state index in [1.165, 1.54) is 0 Å². The first-order valence-corrected chi connectivity index (χ1v) is 2.61. The Morgan fingerprint density at radius 1 is 0.900 bits per heavy atom. The second kappa shape index (κ2) is 2.13. The molecule has 10 heavy (non-hydrogen) atoms. The molecule has 1 rings (SSSR count). The summed E-state index contributed by atoms with van der Waals surface area (Å²) in [6.45, 7) is 0. The summed E-state index contributed by atoms with van der Waals surface area (Å²) in [5.41, 5.74) is 9.58. The first-order chi connectivity index (χ1) is 4.61. The minimum Gasteiger partial charge on any atom is -0.396 e. The van der Waals surface area contributed by atoms with Gasteiger partial charge in [0.25, 0.3) is 0 Å². The summed E-state index contributed by atoms with van der Waals surface area (Å²) >= 11 is 0. The van der Waals surface area contributed by atoms with Crippen molar-refractivity contribution >= 4 is 11.4 Å². The molecule has 2 nitrogen and oxygen atoms in total. The summed E-state index contributed by atoms with van der Waals surface area (Å²) in [5.74, 6) is -1.39. The van der Waals surface area contributed by atoms with Gasteiger partial charge in [0.05, 0.1) is 11.4 Å². The van der Waals surface area contributed by atoms with Gasteiger partial charge in [0.2, 0.25) is 0 Å². The van der Waals surface area contributed by atoms with E-state index in [1.807, 2.05) is 0 Å². The maximum atomic E-state index is 12.4. The largest absolute Gasteiger partial charge is 0.396 e. The van der Waals surface area contributed by atoms with Crippen molar-refractivity contribution in [2.45, 2.75) is 0 Å². The Kier molecular flexibility index (Phi) is 1.45. The van der Waals surface area contributed by atoms with Gasteiger partial charge in [-0.25, -0.2) is 8.78 Å². The molecular formula is C6H6F2N2. The molecule has 0 aliphatic rings. The maximum Gasteiger partial charge on any atom is 0.148 e. The second-order valence-electron chi connectivity index (χ2n) is 1.90. The van der Waals surface area contributed by atoms with E-state index in [0.717, 1.165) is 12.1 Å². The molecule has 0 aliphatic heterocycles. The molecule has 0 fully saturated rings. The van der Waals surface area contributed by atoms with Crippen LogP contribution in [0.25, 0.3) is 0 Å². The topological polar surface area (TPSA) is 52.0 Å². The predicted octanol–water partition coefficient (Wildman–Crippen LogP) is 1.13. The molecule has 4 N–H and O–H groups in total. The number of rotatable bonds is 0. The molecule has 0 saturated carbocycles. The first kappa shape index (κ1) is 6.80. The molecule has 0 radical (unpaired) electrons. The van der Waals surface area contributed by atoms with E-state index in [0.29, 0.717) is 0 Å². The summed E-state index contributed by atoms with van der Waals surface area (Å²) in [6.07, 6.45) is 0. The van der Waals surface area contributed by atoms with Crippen molar-refractivity contribution in [2.75, 3.05) is 11.5 Å². The van der Waals surface area contributed by atoms with E-state index in [-0.39, 0.29) is 11.4 Å². The second-order valence-corrected chi connectivity index (χ2v) is 1.90. The van der Waals surface area contributed by atoms with Gasteiger partial charge in [0, 0.05) is 12.1 Å². The fraction of sp³-hybridized carbons (Fsp3) is 0. The van der Waals surface area contributed by atoms with Gasteiger partial charge in [-0.05, 0) is 0 Å². The lowest BCUT2D eigenvalue weighted by Crippen LogP contribution is -1.96. The minimum atomic E-state index is -0.695. The number of hydrogen-bond donors (Lipinski definition) is 2. The zero-order valence-corrected chi connectivity index (χ0v) is 5.07. The molecule has 4 heteroatoms. The van der Waals surface area contributed by atoms with Crippen LogP contribution in [0.4, 0.5) is 20.2 Å². The highest BCUT2D eigenvalue weighted by Crippen LogP contribution is 2.17. The Morgan fingerprint density at radius 2 is 1.20 bits per heavy atom. The van der Waals surface area contributed by atoms with E-state index in [9.17, 15) is 8.78 Å². The van der Waals surface area contributed by atoms with Gasteiger partial charge in [0.15, 0.2) is 0 Å². The highest BCUT2D eigenvalue weighted by Gasteiger charge is 2.03. The van der Waals surface area contributed by atoms with E-state index in [2.05, 4.69) is 0 Å². The summed E-state index contributed by atoms with van der Waals surface area (Å²) in [5, 5.41) is 0. The average Bonchev–Trinajstić information content (AvgIpc) is 1.84. The quantitative estimate of drug-likeness (QED) is 0.536. The maximum absolute atomic E-state index is 12.4. The number of hydrogen-bond acceptors (Lipinski definition) is 2. The van der Waals surface area contributed by atoms with Crippen LogP contribution in [0.15, 0.2) is 12.1 Å². The molecule has 1 aromatic carbocycles. The highest BCUT2D eigenvalue weighted by atomic mass is 19.1. The van der Waals surface area contributed by atoms with Gasteiger partial charge in [-0.3, -0.25) is 0 Å². The van der Waals surface area contributed by atoms with Crippen LogP contribution in [-0.2, 0) is 0 Å². The molecule has 0 atom stereocenters. The van der Waals surface area contributed by atoms with Crippen molar-refractivity contribution in [3.05, 3.63) is 23.8 Å². The van der Waals surface area contributed by atoms with Crippen molar-refractivity contribution < 1.29 is 8.78 Å². The third kappa shape index (κ3) is 1.00. The number of halogens is 2. The van der Waals surface area contributed by atoms with Crippen LogP contribution in [0.2, 0.25) is 0 Å². The van der Waals surface area contributed by atoms with Gasteiger partial charge in [-0.2, -0.15) is 0 Å². The molecule has 0 spiro atoms. The summed E-state index contributed by atoms with van der Waals surface area (Å²) in [6, 6.07) is 1.70. The van der Waals surface area contributed by atoms with Gasteiger partial charge in [-0.1, -0.05) is 0 Å². The number of nitrogens with two attached hydrogens (primary N) is 2. The summed E-state index contributed by atoms with van der Waals surface area (Å²) in [7, 11) is 0. The third-order valence-corrected chi connectivity index (χ3v) is 1.12. The summed E-state index contributed by atoms with van der Waals surface area (Å²) in [4.78, 5) is 0. The van der Waals surface area contributed by atoms with Gasteiger partial charge >= 0.3 is 0 Å². The van der Waals surface area contributed by atoms with Gasteiger partial charge in [-0.15, -0.1) is 0 Å². The lowest BCUT2D eigenvalue weighted by Gasteiger charge is -1.98.